The minimum atomic E-state index is 0. The summed E-state index contributed by atoms with van der Waals surface area (Å²) in [7, 11) is 0. The maximum Gasteiger partial charge on any atom is 3.00 e. The van der Waals surface area contributed by atoms with Gasteiger partial charge in [0.15, 0.2) is 0 Å². The zero-order valence-electron chi connectivity index (χ0n) is 18.0. The van der Waals surface area contributed by atoms with Crippen LogP contribution >= 0.6 is 0 Å². The Morgan fingerprint density at radius 3 is 1.93 bits per heavy atom. The Bertz CT molecular complexity index is 1080. The summed E-state index contributed by atoms with van der Waals surface area (Å²) in [4.78, 5) is 0. The average Bonchev–Trinajstić information content (AvgIpc) is 3.05. The number of fused-ring (bicyclic) bond motifs is 1. The topological polar surface area (TPSA) is 0 Å². The molecule has 1 radical (unpaired) electrons. The Kier molecular flexibility index (Phi) is 8.46. The summed E-state index contributed by atoms with van der Waals surface area (Å²) in [5.74, 6) is 0. The maximum absolute atomic E-state index is 2.37. The summed E-state index contributed by atoms with van der Waals surface area (Å²) < 4.78 is 0. The van der Waals surface area contributed by atoms with E-state index >= 15 is 0 Å². The third-order valence-corrected chi connectivity index (χ3v) is 6.59. The van der Waals surface area contributed by atoms with E-state index in [1.54, 1.807) is 0 Å². The van der Waals surface area contributed by atoms with E-state index in [1.165, 1.54) is 55.3 Å². The van der Waals surface area contributed by atoms with E-state index in [0.717, 1.165) is 0 Å². The van der Waals surface area contributed by atoms with Gasteiger partial charge in [0.25, 0.3) is 0 Å². The first-order valence-corrected chi connectivity index (χ1v) is 9.48. The van der Waals surface area contributed by atoms with Crippen molar-refractivity contribution < 1.29 is 51.0 Å². The molecule has 0 bridgehead atoms. The molecule has 0 fully saturated rings. The van der Waals surface area contributed by atoms with E-state index in [9.17, 15) is 0 Å². The normalized spacial score (nSPS) is 15.1. The third kappa shape index (κ3) is 3.99. The molecule has 0 aromatic heterocycles. The van der Waals surface area contributed by atoms with Crippen molar-refractivity contribution in [2.75, 3.05) is 0 Å². The van der Waals surface area contributed by atoms with Crippen molar-refractivity contribution in [1.82, 2.24) is 0 Å². The van der Waals surface area contributed by atoms with Crippen molar-refractivity contribution in [2.24, 2.45) is 5.41 Å². The van der Waals surface area contributed by atoms with Crippen LogP contribution in [0.2, 0.25) is 0 Å². The monoisotopic (exact) mass is 499 g/mol. The van der Waals surface area contributed by atoms with Crippen molar-refractivity contribution in [1.29, 1.82) is 0 Å². The smallest absolute Gasteiger partial charge is 1.00 e. The second-order valence-electron chi connectivity index (χ2n) is 8.19. The van der Waals surface area contributed by atoms with Gasteiger partial charge in [-0.1, -0.05) is 79.9 Å². The van der Waals surface area contributed by atoms with E-state index < -0.39 is 0 Å². The predicted octanol–water partition coefficient (Wildman–Crippen LogP) is 1.69. The molecule has 0 heterocycles. The van der Waals surface area contributed by atoms with Crippen LogP contribution in [0.1, 0.15) is 45.7 Å². The SMILES string of the molecule is CC1=C(C)C(C)(C)C(c2cccc3[cH-]c(-c4ccccc4)c(C)c23)=C1C.[Cl-].[Cl-].[Zr+3]. The summed E-state index contributed by atoms with van der Waals surface area (Å²) in [6.07, 6.45) is 0. The van der Waals surface area contributed by atoms with Crippen molar-refractivity contribution in [3.8, 4) is 11.1 Å². The average molecular weight is 502 g/mol. The molecule has 0 atom stereocenters. The Morgan fingerprint density at radius 2 is 1.38 bits per heavy atom. The summed E-state index contributed by atoms with van der Waals surface area (Å²) in [5.41, 5.74) is 11.4. The molecular weight excluding hydrogens is 474 g/mol. The van der Waals surface area contributed by atoms with Crippen LogP contribution in [0.4, 0.5) is 0 Å². The first-order chi connectivity index (χ1) is 12.3. The van der Waals surface area contributed by atoms with E-state index in [2.05, 4.69) is 96.1 Å². The molecule has 3 heteroatoms. The largest absolute Gasteiger partial charge is 3.00 e. The Balaban J connectivity index is 0.00000140. The quantitative estimate of drug-likeness (QED) is 0.469. The fraction of sp³-hybridized carbons (Fsp3) is 0.269. The first-order valence-electron chi connectivity index (χ1n) is 9.48. The number of aryl methyl sites for hydroxylation is 1. The molecule has 29 heavy (non-hydrogen) atoms. The molecule has 3 aromatic rings. The summed E-state index contributed by atoms with van der Waals surface area (Å²) in [6, 6.07) is 19.9. The molecule has 0 nitrogen and oxygen atoms in total. The second kappa shape index (κ2) is 9.42. The Hall–Kier alpha value is -1.01. The van der Waals surface area contributed by atoms with Gasteiger partial charge in [-0.05, 0) is 37.5 Å². The molecular formula is C26H27Cl2Zr. The van der Waals surface area contributed by atoms with Gasteiger partial charge in [-0.3, -0.25) is 0 Å². The minimum absolute atomic E-state index is 0. The predicted molar refractivity (Wildman–Crippen MR) is 114 cm³/mol. The Labute approximate surface area is 206 Å². The van der Waals surface area contributed by atoms with Crippen molar-refractivity contribution >= 4 is 16.3 Å². The van der Waals surface area contributed by atoms with E-state index in [1.807, 2.05) is 0 Å². The zero-order chi connectivity index (χ0) is 18.6. The third-order valence-electron chi connectivity index (χ3n) is 6.59. The van der Waals surface area contributed by atoms with Crippen molar-refractivity contribution in [3.05, 3.63) is 82.4 Å². The fourth-order valence-corrected chi connectivity index (χ4v) is 4.77. The van der Waals surface area contributed by atoms with Crippen LogP contribution < -0.4 is 24.8 Å². The van der Waals surface area contributed by atoms with Crippen LogP contribution in [0, 0.1) is 12.3 Å². The molecule has 0 saturated carbocycles. The van der Waals surface area contributed by atoms with Gasteiger partial charge in [0, 0.05) is 5.41 Å². The Morgan fingerprint density at radius 1 is 0.759 bits per heavy atom. The van der Waals surface area contributed by atoms with Crippen LogP contribution in [0.3, 0.4) is 0 Å². The van der Waals surface area contributed by atoms with Gasteiger partial charge in [0.2, 0.25) is 0 Å². The molecule has 3 aromatic carbocycles. The number of hydrogen-bond acceptors (Lipinski definition) is 0. The number of benzene rings is 2. The number of halogens is 2. The second-order valence-corrected chi connectivity index (χ2v) is 8.19. The van der Waals surface area contributed by atoms with Crippen LogP contribution in [-0.2, 0) is 26.2 Å². The van der Waals surface area contributed by atoms with Gasteiger partial charge in [-0.25, -0.2) is 0 Å². The van der Waals surface area contributed by atoms with Crippen molar-refractivity contribution in [3.63, 3.8) is 0 Å². The fourth-order valence-electron chi connectivity index (χ4n) is 4.77. The maximum atomic E-state index is 2.37. The van der Waals surface area contributed by atoms with Gasteiger partial charge in [0.05, 0.1) is 0 Å². The molecule has 4 rings (SSSR count). The van der Waals surface area contributed by atoms with E-state index in [0.29, 0.717) is 0 Å². The summed E-state index contributed by atoms with van der Waals surface area (Å²) in [5, 5.41) is 2.76. The molecule has 0 aliphatic heterocycles. The van der Waals surface area contributed by atoms with Gasteiger partial charge in [-0.15, -0.1) is 34.0 Å². The standard InChI is InChI=1S/C26H27.2ClH.Zr/c1-16-17(2)25(26(5,6)19(16)4)22-14-10-13-21-15-23(18(3)24(21)22)20-11-8-7-9-12-20;;;/h7-15H,1-6H3;2*1H;/q-1;;;+3/p-2. The minimum Gasteiger partial charge on any atom is -1.00 e. The summed E-state index contributed by atoms with van der Waals surface area (Å²) >= 11 is 0. The number of allylic oxidation sites excluding steroid dienone is 4. The molecule has 0 N–H and O–H groups in total. The summed E-state index contributed by atoms with van der Waals surface area (Å²) in [6.45, 7) is 13.9. The van der Waals surface area contributed by atoms with Gasteiger partial charge >= 0.3 is 26.2 Å². The molecule has 1 aliphatic rings. The molecule has 1 aliphatic carbocycles. The molecule has 0 saturated heterocycles. The number of rotatable bonds is 2. The van der Waals surface area contributed by atoms with E-state index in [4.69, 9.17) is 0 Å². The van der Waals surface area contributed by atoms with Crippen LogP contribution in [-0.4, -0.2) is 0 Å². The number of hydrogen-bond donors (Lipinski definition) is 0. The zero-order valence-corrected chi connectivity index (χ0v) is 21.9. The van der Waals surface area contributed by atoms with E-state index in [-0.39, 0.29) is 56.4 Å². The van der Waals surface area contributed by atoms with Crippen LogP contribution in [0.15, 0.2) is 71.3 Å². The molecule has 0 amide bonds. The molecule has 0 unspecified atom stereocenters. The first kappa shape index (κ1) is 26.0. The molecule has 149 valence electrons. The van der Waals surface area contributed by atoms with Gasteiger partial charge in [-0.2, -0.15) is 0 Å². The van der Waals surface area contributed by atoms with Gasteiger partial charge < -0.3 is 24.8 Å². The van der Waals surface area contributed by atoms with Crippen LogP contribution in [0.5, 0.6) is 0 Å². The van der Waals surface area contributed by atoms with Crippen LogP contribution in [0.25, 0.3) is 27.5 Å². The van der Waals surface area contributed by atoms with Gasteiger partial charge in [0.1, 0.15) is 0 Å². The molecule has 0 spiro atoms. The van der Waals surface area contributed by atoms with Crippen molar-refractivity contribution in [2.45, 2.75) is 41.5 Å².